The van der Waals surface area contributed by atoms with E-state index in [-0.39, 0.29) is 6.10 Å². The van der Waals surface area contributed by atoms with Crippen LogP contribution in [-0.4, -0.2) is 12.7 Å². The highest BCUT2D eigenvalue weighted by Crippen LogP contribution is 2.16. The van der Waals surface area contributed by atoms with Crippen molar-refractivity contribution in [3.05, 3.63) is 23.8 Å². The van der Waals surface area contributed by atoms with Gasteiger partial charge in [-0.1, -0.05) is 6.92 Å². The van der Waals surface area contributed by atoms with Gasteiger partial charge < -0.3 is 16.2 Å². The zero-order valence-corrected chi connectivity index (χ0v) is 9.49. The second-order valence-electron chi connectivity index (χ2n) is 3.70. The lowest BCUT2D eigenvalue weighted by molar-refractivity contribution is 0.0607. The predicted molar refractivity (Wildman–Crippen MR) is 64.7 cm³/mol. The molecule has 15 heavy (non-hydrogen) atoms. The van der Waals surface area contributed by atoms with Crippen molar-refractivity contribution in [3.63, 3.8) is 0 Å². The molecule has 0 aliphatic heterocycles. The van der Waals surface area contributed by atoms with Crippen molar-refractivity contribution in [1.29, 1.82) is 0 Å². The molecule has 0 spiro atoms. The minimum absolute atomic E-state index is 0.260. The lowest BCUT2D eigenvalue weighted by atomic mass is 10.0. The minimum Gasteiger partial charge on any atom is -0.399 e. The van der Waals surface area contributed by atoms with Crippen LogP contribution in [0.3, 0.4) is 0 Å². The van der Waals surface area contributed by atoms with E-state index in [4.69, 9.17) is 16.2 Å². The zero-order valence-electron chi connectivity index (χ0n) is 9.49. The Hall–Kier alpha value is -1.22. The van der Waals surface area contributed by atoms with Gasteiger partial charge in [0, 0.05) is 18.0 Å². The van der Waals surface area contributed by atoms with Gasteiger partial charge in [0.1, 0.15) is 0 Å². The fourth-order valence-corrected chi connectivity index (χ4v) is 1.68. The van der Waals surface area contributed by atoms with Crippen molar-refractivity contribution >= 4 is 11.4 Å². The van der Waals surface area contributed by atoms with Crippen LogP contribution in [0.1, 0.15) is 25.8 Å². The molecule has 0 radical (unpaired) electrons. The van der Waals surface area contributed by atoms with Crippen molar-refractivity contribution in [2.45, 2.75) is 32.8 Å². The molecule has 0 aromatic heterocycles. The van der Waals surface area contributed by atoms with E-state index in [1.165, 1.54) is 0 Å². The van der Waals surface area contributed by atoms with Gasteiger partial charge in [-0.15, -0.1) is 0 Å². The summed E-state index contributed by atoms with van der Waals surface area (Å²) in [4.78, 5) is 0. The monoisotopic (exact) mass is 208 g/mol. The first-order valence-corrected chi connectivity index (χ1v) is 5.42. The SMILES string of the molecule is CCOC(CC)Cc1cc(N)cc(N)c1. The Labute approximate surface area is 91.4 Å². The molecule has 4 N–H and O–H groups in total. The van der Waals surface area contributed by atoms with Crippen LogP contribution < -0.4 is 11.5 Å². The fourth-order valence-electron chi connectivity index (χ4n) is 1.68. The molecule has 0 fully saturated rings. The number of ether oxygens (including phenoxy) is 1. The van der Waals surface area contributed by atoms with E-state index in [0.29, 0.717) is 0 Å². The third-order valence-electron chi connectivity index (χ3n) is 2.36. The lowest BCUT2D eigenvalue weighted by Gasteiger charge is -2.15. The van der Waals surface area contributed by atoms with Crippen LogP contribution >= 0.6 is 0 Å². The summed E-state index contributed by atoms with van der Waals surface area (Å²) in [5, 5.41) is 0. The maximum atomic E-state index is 5.73. The fraction of sp³-hybridized carbons (Fsp3) is 0.500. The minimum atomic E-state index is 0.260. The highest BCUT2D eigenvalue weighted by molar-refractivity contribution is 5.54. The molecule has 1 unspecified atom stereocenters. The second-order valence-corrected chi connectivity index (χ2v) is 3.70. The first-order valence-electron chi connectivity index (χ1n) is 5.42. The molecule has 0 aliphatic carbocycles. The average Bonchev–Trinajstić information content (AvgIpc) is 2.15. The molecule has 84 valence electrons. The average molecular weight is 208 g/mol. The van der Waals surface area contributed by atoms with Crippen LogP contribution in [0.5, 0.6) is 0 Å². The van der Waals surface area contributed by atoms with Gasteiger partial charge in [0.05, 0.1) is 6.10 Å². The molecule has 0 aliphatic rings. The summed E-state index contributed by atoms with van der Waals surface area (Å²) in [6, 6.07) is 5.68. The molecule has 0 bridgehead atoms. The summed E-state index contributed by atoms with van der Waals surface area (Å²) in [6.45, 7) is 4.88. The number of nitrogen functional groups attached to an aromatic ring is 2. The van der Waals surface area contributed by atoms with Gasteiger partial charge in [-0.25, -0.2) is 0 Å². The molecule has 3 nitrogen and oxygen atoms in total. The van der Waals surface area contributed by atoms with Crippen LogP contribution in [0.25, 0.3) is 0 Å². The number of benzene rings is 1. The number of hydrogen-bond donors (Lipinski definition) is 2. The Bertz CT molecular complexity index is 292. The van der Waals surface area contributed by atoms with Gasteiger partial charge in [0.15, 0.2) is 0 Å². The first kappa shape index (κ1) is 11.9. The molecule has 0 heterocycles. The van der Waals surface area contributed by atoms with E-state index in [1.54, 1.807) is 6.07 Å². The quantitative estimate of drug-likeness (QED) is 0.729. The maximum absolute atomic E-state index is 5.73. The zero-order chi connectivity index (χ0) is 11.3. The molecular weight excluding hydrogens is 188 g/mol. The van der Waals surface area contributed by atoms with Crippen molar-refractivity contribution in [2.24, 2.45) is 0 Å². The third kappa shape index (κ3) is 3.80. The largest absolute Gasteiger partial charge is 0.399 e. The van der Waals surface area contributed by atoms with Gasteiger partial charge in [-0.05, 0) is 43.5 Å². The van der Waals surface area contributed by atoms with Gasteiger partial charge in [0.25, 0.3) is 0 Å². The predicted octanol–water partition coefficient (Wildman–Crippen LogP) is 2.21. The molecular formula is C12H20N2O. The Morgan fingerprint density at radius 3 is 2.20 bits per heavy atom. The second kappa shape index (κ2) is 5.61. The van der Waals surface area contributed by atoms with E-state index < -0.39 is 0 Å². The Morgan fingerprint density at radius 2 is 1.73 bits per heavy atom. The van der Waals surface area contributed by atoms with E-state index >= 15 is 0 Å². The molecule has 3 heteroatoms. The van der Waals surface area contributed by atoms with Gasteiger partial charge in [-0.3, -0.25) is 0 Å². The standard InChI is InChI=1S/C12H20N2O/c1-3-12(15-4-2)7-9-5-10(13)8-11(14)6-9/h5-6,8,12H,3-4,7,13-14H2,1-2H3. The molecule has 0 saturated carbocycles. The molecule has 1 aromatic rings. The van der Waals surface area contributed by atoms with E-state index in [9.17, 15) is 0 Å². The van der Waals surface area contributed by atoms with Gasteiger partial charge in [0.2, 0.25) is 0 Å². The van der Waals surface area contributed by atoms with E-state index in [0.717, 1.165) is 36.4 Å². The topological polar surface area (TPSA) is 61.3 Å². The smallest absolute Gasteiger partial charge is 0.0612 e. The molecule has 1 atom stereocenters. The summed E-state index contributed by atoms with van der Waals surface area (Å²) in [6.07, 6.45) is 2.14. The van der Waals surface area contributed by atoms with Gasteiger partial charge >= 0.3 is 0 Å². The van der Waals surface area contributed by atoms with Crippen molar-refractivity contribution in [1.82, 2.24) is 0 Å². The van der Waals surface area contributed by atoms with Crippen LogP contribution in [0.15, 0.2) is 18.2 Å². The van der Waals surface area contributed by atoms with Crippen LogP contribution in [0.4, 0.5) is 11.4 Å². The Balaban J connectivity index is 2.69. The number of rotatable bonds is 5. The highest BCUT2D eigenvalue weighted by Gasteiger charge is 2.07. The Kier molecular flexibility index (Phi) is 4.43. The summed E-state index contributed by atoms with van der Waals surface area (Å²) < 4.78 is 5.59. The van der Waals surface area contributed by atoms with E-state index in [2.05, 4.69) is 6.92 Å². The summed E-state index contributed by atoms with van der Waals surface area (Å²) in [5.74, 6) is 0. The number of nitrogens with two attached hydrogens (primary N) is 2. The van der Waals surface area contributed by atoms with Crippen molar-refractivity contribution in [2.75, 3.05) is 18.1 Å². The van der Waals surface area contributed by atoms with Gasteiger partial charge in [-0.2, -0.15) is 0 Å². The molecule has 1 rings (SSSR count). The Morgan fingerprint density at radius 1 is 1.13 bits per heavy atom. The van der Waals surface area contributed by atoms with E-state index in [1.807, 2.05) is 19.1 Å². The highest BCUT2D eigenvalue weighted by atomic mass is 16.5. The van der Waals surface area contributed by atoms with Crippen LogP contribution in [-0.2, 0) is 11.2 Å². The van der Waals surface area contributed by atoms with Crippen molar-refractivity contribution < 1.29 is 4.74 Å². The molecule has 0 saturated heterocycles. The van der Waals surface area contributed by atoms with Crippen LogP contribution in [0, 0.1) is 0 Å². The number of hydrogen-bond acceptors (Lipinski definition) is 3. The molecule has 1 aromatic carbocycles. The summed E-state index contributed by atoms with van der Waals surface area (Å²) >= 11 is 0. The lowest BCUT2D eigenvalue weighted by Crippen LogP contribution is -2.15. The third-order valence-corrected chi connectivity index (χ3v) is 2.36. The first-order chi connectivity index (χ1) is 7.15. The molecule has 0 amide bonds. The number of anilines is 2. The summed E-state index contributed by atoms with van der Waals surface area (Å²) in [7, 11) is 0. The van der Waals surface area contributed by atoms with Crippen LogP contribution in [0.2, 0.25) is 0 Å². The normalized spacial score (nSPS) is 12.7. The van der Waals surface area contributed by atoms with Crippen molar-refractivity contribution in [3.8, 4) is 0 Å². The maximum Gasteiger partial charge on any atom is 0.0612 e. The summed E-state index contributed by atoms with van der Waals surface area (Å²) in [5.41, 5.74) is 14.0.